The van der Waals surface area contributed by atoms with Gasteiger partial charge in [0.05, 0.1) is 12.3 Å². The molecular weight excluding hydrogens is 214 g/mol. The maximum atomic E-state index is 5.53. The SMILES string of the molecule is CCc1nc(C2CCCOC2)nc2c1CNC2. The molecule has 1 fully saturated rings. The van der Waals surface area contributed by atoms with E-state index in [9.17, 15) is 0 Å². The molecule has 2 aliphatic heterocycles. The Morgan fingerprint density at radius 3 is 3.06 bits per heavy atom. The standard InChI is InChI=1S/C13H19N3O/c1-2-11-10-6-14-7-12(10)16-13(15-11)9-4-3-5-17-8-9/h9,14H,2-8H2,1H3. The predicted molar refractivity (Wildman–Crippen MR) is 64.7 cm³/mol. The molecule has 17 heavy (non-hydrogen) atoms. The number of nitrogens with one attached hydrogen (secondary N) is 1. The van der Waals surface area contributed by atoms with Crippen molar-refractivity contribution in [2.75, 3.05) is 13.2 Å². The van der Waals surface area contributed by atoms with Gasteiger partial charge < -0.3 is 10.1 Å². The molecule has 0 saturated carbocycles. The van der Waals surface area contributed by atoms with Gasteiger partial charge in [0.25, 0.3) is 0 Å². The van der Waals surface area contributed by atoms with Crippen molar-refractivity contribution in [2.24, 2.45) is 0 Å². The van der Waals surface area contributed by atoms with E-state index in [1.165, 1.54) is 17.0 Å². The highest BCUT2D eigenvalue weighted by atomic mass is 16.5. The fourth-order valence-electron chi connectivity index (χ4n) is 2.68. The zero-order chi connectivity index (χ0) is 11.7. The zero-order valence-electron chi connectivity index (χ0n) is 10.3. The molecule has 4 heteroatoms. The Bertz CT molecular complexity index is 413. The number of nitrogens with zero attached hydrogens (tertiary/aromatic N) is 2. The molecule has 1 saturated heterocycles. The lowest BCUT2D eigenvalue weighted by Crippen LogP contribution is -2.19. The molecule has 0 aliphatic carbocycles. The van der Waals surface area contributed by atoms with Crippen molar-refractivity contribution in [1.82, 2.24) is 15.3 Å². The Balaban J connectivity index is 1.94. The Labute approximate surface area is 102 Å². The number of hydrogen-bond acceptors (Lipinski definition) is 4. The van der Waals surface area contributed by atoms with Crippen molar-refractivity contribution >= 4 is 0 Å². The summed E-state index contributed by atoms with van der Waals surface area (Å²) in [4.78, 5) is 9.49. The Morgan fingerprint density at radius 2 is 2.29 bits per heavy atom. The van der Waals surface area contributed by atoms with Crippen LogP contribution >= 0.6 is 0 Å². The van der Waals surface area contributed by atoms with E-state index in [-0.39, 0.29) is 0 Å². The minimum Gasteiger partial charge on any atom is -0.381 e. The van der Waals surface area contributed by atoms with Gasteiger partial charge in [-0.15, -0.1) is 0 Å². The van der Waals surface area contributed by atoms with Crippen LogP contribution < -0.4 is 5.32 Å². The number of aryl methyl sites for hydroxylation is 1. The van der Waals surface area contributed by atoms with Gasteiger partial charge in [-0.05, 0) is 19.3 Å². The summed E-state index contributed by atoms with van der Waals surface area (Å²) in [5, 5.41) is 3.36. The van der Waals surface area contributed by atoms with Gasteiger partial charge >= 0.3 is 0 Å². The third-order valence-electron chi connectivity index (χ3n) is 3.65. The average molecular weight is 233 g/mol. The fraction of sp³-hybridized carbons (Fsp3) is 0.692. The molecule has 0 amide bonds. The summed E-state index contributed by atoms with van der Waals surface area (Å²) in [7, 11) is 0. The zero-order valence-corrected chi connectivity index (χ0v) is 10.3. The summed E-state index contributed by atoms with van der Waals surface area (Å²) in [5.74, 6) is 1.41. The van der Waals surface area contributed by atoms with Gasteiger partial charge in [-0.2, -0.15) is 0 Å². The summed E-state index contributed by atoms with van der Waals surface area (Å²) in [5.41, 5.74) is 3.76. The van der Waals surface area contributed by atoms with E-state index in [0.29, 0.717) is 5.92 Å². The average Bonchev–Trinajstić information content (AvgIpc) is 2.86. The second-order valence-corrected chi connectivity index (χ2v) is 4.82. The lowest BCUT2D eigenvalue weighted by atomic mass is 10.0. The first kappa shape index (κ1) is 11.1. The van der Waals surface area contributed by atoms with Crippen LogP contribution in [0.5, 0.6) is 0 Å². The maximum absolute atomic E-state index is 5.53. The summed E-state index contributed by atoms with van der Waals surface area (Å²) in [6.07, 6.45) is 3.29. The highest BCUT2D eigenvalue weighted by molar-refractivity contribution is 5.30. The van der Waals surface area contributed by atoms with Crippen LogP contribution in [0.15, 0.2) is 0 Å². The Morgan fingerprint density at radius 1 is 1.35 bits per heavy atom. The minimum atomic E-state index is 0.403. The summed E-state index contributed by atoms with van der Waals surface area (Å²) in [6.45, 7) is 5.67. The van der Waals surface area contributed by atoms with Gasteiger partial charge in [-0.25, -0.2) is 9.97 Å². The lowest BCUT2D eigenvalue weighted by molar-refractivity contribution is 0.0779. The molecule has 2 aliphatic rings. The third-order valence-corrected chi connectivity index (χ3v) is 3.65. The van der Waals surface area contributed by atoms with Crippen LogP contribution in [0.4, 0.5) is 0 Å². The van der Waals surface area contributed by atoms with Crippen molar-refractivity contribution < 1.29 is 4.74 Å². The predicted octanol–water partition coefficient (Wildman–Crippen LogP) is 1.54. The van der Waals surface area contributed by atoms with Gasteiger partial charge in [0, 0.05) is 36.9 Å². The molecule has 0 bridgehead atoms. The highest BCUT2D eigenvalue weighted by Crippen LogP contribution is 2.26. The molecular formula is C13H19N3O. The minimum absolute atomic E-state index is 0.403. The van der Waals surface area contributed by atoms with Crippen molar-refractivity contribution in [3.63, 3.8) is 0 Å². The van der Waals surface area contributed by atoms with E-state index in [1.807, 2.05) is 0 Å². The van der Waals surface area contributed by atoms with Crippen LogP contribution in [-0.4, -0.2) is 23.2 Å². The molecule has 3 rings (SSSR count). The summed E-state index contributed by atoms with van der Waals surface area (Å²) >= 11 is 0. The number of ether oxygens (including phenoxy) is 1. The van der Waals surface area contributed by atoms with Gasteiger partial charge in [0.1, 0.15) is 5.82 Å². The molecule has 0 aromatic carbocycles. The quantitative estimate of drug-likeness (QED) is 0.841. The molecule has 92 valence electrons. The molecule has 1 aromatic rings. The van der Waals surface area contributed by atoms with Crippen LogP contribution in [0.2, 0.25) is 0 Å². The van der Waals surface area contributed by atoms with Crippen molar-refractivity contribution in [2.45, 2.75) is 45.2 Å². The normalized spacial score (nSPS) is 23.7. The van der Waals surface area contributed by atoms with Crippen LogP contribution in [0.3, 0.4) is 0 Å². The number of aromatic nitrogens is 2. The first-order valence-electron chi connectivity index (χ1n) is 6.55. The van der Waals surface area contributed by atoms with E-state index in [2.05, 4.69) is 12.2 Å². The second kappa shape index (κ2) is 4.70. The summed E-state index contributed by atoms with van der Waals surface area (Å²) < 4.78 is 5.53. The molecule has 4 nitrogen and oxygen atoms in total. The van der Waals surface area contributed by atoms with Crippen LogP contribution in [0.25, 0.3) is 0 Å². The van der Waals surface area contributed by atoms with Gasteiger partial charge in [-0.1, -0.05) is 6.92 Å². The third kappa shape index (κ3) is 2.07. The van der Waals surface area contributed by atoms with E-state index in [4.69, 9.17) is 14.7 Å². The van der Waals surface area contributed by atoms with Gasteiger partial charge in [-0.3, -0.25) is 0 Å². The van der Waals surface area contributed by atoms with Crippen LogP contribution in [0, 0.1) is 0 Å². The maximum Gasteiger partial charge on any atom is 0.134 e. The van der Waals surface area contributed by atoms with E-state index < -0.39 is 0 Å². The molecule has 1 N–H and O–H groups in total. The summed E-state index contributed by atoms with van der Waals surface area (Å²) in [6, 6.07) is 0. The molecule has 1 atom stereocenters. The van der Waals surface area contributed by atoms with E-state index in [0.717, 1.165) is 51.4 Å². The van der Waals surface area contributed by atoms with E-state index in [1.54, 1.807) is 0 Å². The van der Waals surface area contributed by atoms with E-state index >= 15 is 0 Å². The molecule has 0 spiro atoms. The lowest BCUT2D eigenvalue weighted by Gasteiger charge is -2.21. The molecule has 0 radical (unpaired) electrons. The second-order valence-electron chi connectivity index (χ2n) is 4.82. The number of rotatable bonds is 2. The first-order chi connectivity index (χ1) is 8.38. The molecule has 1 unspecified atom stereocenters. The Hall–Kier alpha value is -1.00. The van der Waals surface area contributed by atoms with Crippen molar-refractivity contribution in [1.29, 1.82) is 0 Å². The Kier molecular flexibility index (Phi) is 3.07. The smallest absolute Gasteiger partial charge is 0.134 e. The highest BCUT2D eigenvalue weighted by Gasteiger charge is 2.23. The molecule has 3 heterocycles. The van der Waals surface area contributed by atoms with Gasteiger partial charge in [0.2, 0.25) is 0 Å². The fourth-order valence-corrected chi connectivity index (χ4v) is 2.68. The largest absolute Gasteiger partial charge is 0.381 e. The monoisotopic (exact) mass is 233 g/mol. The van der Waals surface area contributed by atoms with Gasteiger partial charge in [0.15, 0.2) is 0 Å². The number of fused-ring (bicyclic) bond motifs is 1. The topological polar surface area (TPSA) is 47.0 Å². The van der Waals surface area contributed by atoms with Crippen LogP contribution in [0.1, 0.15) is 48.5 Å². The van der Waals surface area contributed by atoms with Crippen molar-refractivity contribution in [3.05, 3.63) is 22.8 Å². The number of hydrogen-bond donors (Lipinski definition) is 1. The van der Waals surface area contributed by atoms with Crippen LogP contribution in [-0.2, 0) is 24.2 Å². The van der Waals surface area contributed by atoms with Crippen molar-refractivity contribution in [3.8, 4) is 0 Å². The first-order valence-corrected chi connectivity index (χ1v) is 6.55. The molecule has 1 aromatic heterocycles.